The number of amides is 1. The molecule has 0 atom stereocenters. The van der Waals surface area contributed by atoms with Gasteiger partial charge in [-0.2, -0.15) is 0 Å². The van der Waals surface area contributed by atoms with Gasteiger partial charge in [0.1, 0.15) is 0 Å². The van der Waals surface area contributed by atoms with Crippen molar-refractivity contribution in [2.45, 2.75) is 45.3 Å². The smallest absolute Gasteiger partial charge is 0.269 e. The Kier molecular flexibility index (Phi) is 8.01. The van der Waals surface area contributed by atoms with Gasteiger partial charge in [0.25, 0.3) is 5.69 Å². The first-order valence-electron chi connectivity index (χ1n) is 10.5. The van der Waals surface area contributed by atoms with E-state index in [1.54, 1.807) is 6.07 Å². The Morgan fingerprint density at radius 2 is 1.87 bits per heavy atom. The fourth-order valence-corrected chi connectivity index (χ4v) is 4.18. The van der Waals surface area contributed by atoms with Crippen LogP contribution in [0.3, 0.4) is 0 Å². The summed E-state index contributed by atoms with van der Waals surface area (Å²) in [5.74, 6) is -0.148. The third-order valence-corrected chi connectivity index (χ3v) is 10.7. The molecule has 168 valence electrons. The number of anilines is 1. The highest BCUT2D eigenvalue weighted by Gasteiger charge is 2.36. The molecule has 1 aromatic rings. The molecule has 1 N–H and O–H groups in total. The molecule has 0 unspecified atom stereocenters. The van der Waals surface area contributed by atoms with Crippen LogP contribution < -0.4 is 10.2 Å². The van der Waals surface area contributed by atoms with Crippen molar-refractivity contribution in [1.82, 2.24) is 10.2 Å². The maximum absolute atomic E-state index is 12.6. The summed E-state index contributed by atoms with van der Waals surface area (Å²) in [7, 11) is 0.232. The molecule has 0 radical (unpaired) electrons. The number of benzene rings is 1. The van der Waals surface area contributed by atoms with E-state index < -0.39 is 13.2 Å². The van der Waals surface area contributed by atoms with Gasteiger partial charge < -0.3 is 19.5 Å². The first-order chi connectivity index (χ1) is 13.9. The van der Waals surface area contributed by atoms with E-state index in [9.17, 15) is 14.9 Å². The molecule has 2 rings (SSSR count). The van der Waals surface area contributed by atoms with E-state index in [1.165, 1.54) is 12.1 Å². The quantitative estimate of drug-likeness (QED) is 0.292. The first-order valence-corrected chi connectivity index (χ1v) is 13.4. The van der Waals surface area contributed by atoms with Crippen molar-refractivity contribution in [3.8, 4) is 0 Å². The lowest BCUT2D eigenvalue weighted by atomic mass is 10.1. The SMILES string of the molecule is CN1CCN(c2ccc([N+](=O)[O-])cc2CC(=O)NCCO[Si](C)(C)C(C)(C)C)CC1. The van der Waals surface area contributed by atoms with Gasteiger partial charge in [0.05, 0.1) is 18.0 Å². The molecule has 1 aliphatic rings. The van der Waals surface area contributed by atoms with E-state index in [0.29, 0.717) is 18.7 Å². The fourth-order valence-electron chi connectivity index (χ4n) is 3.13. The van der Waals surface area contributed by atoms with Crippen molar-refractivity contribution in [2.24, 2.45) is 0 Å². The molecule has 1 saturated heterocycles. The third-order valence-electron chi connectivity index (χ3n) is 6.16. The van der Waals surface area contributed by atoms with Crippen molar-refractivity contribution in [2.75, 3.05) is 51.3 Å². The molecule has 0 aromatic heterocycles. The monoisotopic (exact) mass is 436 g/mol. The average Bonchev–Trinajstić information content (AvgIpc) is 2.65. The van der Waals surface area contributed by atoms with E-state index in [1.807, 2.05) is 0 Å². The van der Waals surface area contributed by atoms with E-state index in [4.69, 9.17) is 4.43 Å². The number of nitro benzene ring substituents is 1. The molecule has 1 aliphatic heterocycles. The molecule has 1 heterocycles. The minimum absolute atomic E-state index is 0.0111. The summed E-state index contributed by atoms with van der Waals surface area (Å²) in [4.78, 5) is 27.8. The predicted molar refractivity (Wildman–Crippen MR) is 123 cm³/mol. The van der Waals surface area contributed by atoms with Crippen molar-refractivity contribution in [1.29, 1.82) is 0 Å². The molecule has 0 aliphatic carbocycles. The molecule has 30 heavy (non-hydrogen) atoms. The van der Waals surface area contributed by atoms with Crippen molar-refractivity contribution < 1.29 is 14.1 Å². The molecule has 1 aromatic carbocycles. The second kappa shape index (κ2) is 9.89. The van der Waals surface area contributed by atoms with Gasteiger partial charge in [0.2, 0.25) is 5.91 Å². The largest absolute Gasteiger partial charge is 0.415 e. The van der Waals surface area contributed by atoms with Gasteiger partial charge in [-0.25, -0.2) is 0 Å². The van der Waals surface area contributed by atoms with Gasteiger partial charge in [0.15, 0.2) is 8.32 Å². The molecule has 9 heteroatoms. The van der Waals surface area contributed by atoms with Crippen LogP contribution in [0, 0.1) is 10.1 Å². The highest BCUT2D eigenvalue weighted by atomic mass is 28.4. The van der Waals surface area contributed by atoms with Crippen LogP contribution in [0.25, 0.3) is 0 Å². The number of nitrogens with one attached hydrogen (secondary N) is 1. The predicted octanol–water partition coefficient (Wildman–Crippen LogP) is 3.03. The number of hydrogen-bond acceptors (Lipinski definition) is 6. The summed E-state index contributed by atoms with van der Waals surface area (Å²) in [5, 5.41) is 14.3. The lowest BCUT2D eigenvalue weighted by molar-refractivity contribution is -0.384. The Bertz CT molecular complexity index is 756. The summed E-state index contributed by atoms with van der Waals surface area (Å²) in [6.45, 7) is 15.3. The van der Waals surface area contributed by atoms with Crippen LogP contribution in [0.4, 0.5) is 11.4 Å². The van der Waals surface area contributed by atoms with Crippen LogP contribution in [0.1, 0.15) is 26.3 Å². The van der Waals surface area contributed by atoms with Gasteiger partial charge >= 0.3 is 0 Å². The number of likely N-dealkylation sites (N-methyl/N-ethyl adjacent to an activating group) is 1. The van der Waals surface area contributed by atoms with E-state index >= 15 is 0 Å². The molecule has 0 bridgehead atoms. The Morgan fingerprint density at radius 1 is 1.23 bits per heavy atom. The number of piperazine rings is 1. The highest BCUT2D eigenvalue weighted by Crippen LogP contribution is 2.36. The molecular weight excluding hydrogens is 400 g/mol. The van der Waals surface area contributed by atoms with Crippen molar-refractivity contribution >= 4 is 25.6 Å². The summed E-state index contributed by atoms with van der Waals surface area (Å²) < 4.78 is 6.10. The molecular formula is C21H36N4O4Si. The third kappa shape index (κ3) is 6.51. The Labute approximate surface area is 180 Å². The van der Waals surface area contributed by atoms with E-state index in [0.717, 1.165) is 31.9 Å². The number of nitrogens with zero attached hydrogens (tertiary/aromatic N) is 3. The maximum Gasteiger partial charge on any atom is 0.269 e. The maximum atomic E-state index is 12.6. The van der Waals surface area contributed by atoms with Crippen LogP contribution in [-0.2, 0) is 15.6 Å². The zero-order chi connectivity index (χ0) is 22.5. The number of carbonyl (C=O) groups excluding carboxylic acids is 1. The second-order valence-corrected chi connectivity index (χ2v) is 14.3. The number of non-ortho nitro benzene ring substituents is 1. The van der Waals surface area contributed by atoms with Crippen LogP contribution in [0.2, 0.25) is 18.1 Å². The molecule has 0 saturated carbocycles. The van der Waals surface area contributed by atoms with Gasteiger partial charge in [-0.3, -0.25) is 14.9 Å². The molecule has 0 spiro atoms. The topological polar surface area (TPSA) is 88.0 Å². The van der Waals surface area contributed by atoms with Crippen molar-refractivity contribution in [3.05, 3.63) is 33.9 Å². The highest BCUT2D eigenvalue weighted by molar-refractivity contribution is 6.74. The van der Waals surface area contributed by atoms with Gasteiger partial charge in [0, 0.05) is 50.5 Å². The zero-order valence-electron chi connectivity index (χ0n) is 19.2. The Hall–Kier alpha value is -1.97. The van der Waals surface area contributed by atoms with Gasteiger partial charge in [-0.05, 0) is 36.8 Å². The molecule has 1 fully saturated rings. The van der Waals surface area contributed by atoms with Gasteiger partial charge in [-0.1, -0.05) is 20.8 Å². The molecule has 1 amide bonds. The van der Waals surface area contributed by atoms with E-state index in [-0.39, 0.29) is 23.1 Å². The Balaban J connectivity index is 2.00. The Morgan fingerprint density at radius 3 is 2.43 bits per heavy atom. The van der Waals surface area contributed by atoms with Crippen molar-refractivity contribution in [3.63, 3.8) is 0 Å². The fraction of sp³-hybridized carbons (Fsp3) is 0.667. The first kappa shape index (κ1) is 24.3. The number of hydrogen-bond donors (Lipinski definition) is 1. The summed E-state index contributed by atoms with van der Waals surface area (Å²) in [5.41, 5.74) is 1.61. The number of carbonyl (C=O) groups is 1. The number of rotatable bonds is 8. The normalized spacial score (nSPS) is 15.9. The van der Waals surface area contributed by atoms with Crippen LogP contribution in [0.15, 0.2) is 18.2 Å². The summed E-state index contributed by atoms with van der Waals surface area (Å²) in [6.07, 6.45) is 0.115. The second-order valence-electron chi connectivity index (χ2n) is 9.50. The van der Waals surface area contributed by atoms with Gasteiger partial charge in [-0.15, -0.1) is 0 Å². The standard InChI is InChI=1S/C21H36N4O4Si/c1-21(2,3)30(5,6)29-14-9-22-20(26)16-17-15-18(25(27)28)7-8-19(17)24-12-10-23(4)11-13-24/h7-8,15H,9-14,16H2,1-6H3,(H,22,26). The van der Waals surface area contributed by atoms with Crippen LogP contribution in [0.5, 0.6) is 0 Å². The molecule has 8 nitrogen and oxygen atoms in total. The van der Waals surface area contributed by atoms with E-state index in [2.05, 4.69) is 56.0 Å². The van der Waals surface area contributed by atoms with Crippen LogP contribution >= 0.6 is 0 Å². The minimum Gasteiger partial charge on any atom is -0.415 e. The van der Waals surface area contributed by atoms with Crippen LogP contribution in [-0.4, -0.2) is 70.4 Å². The lowest BCUT2D eigenvalue weighted by Gasteiger charge is -2.36. The summed E-state index contributed by atoms with van der Waals surface area (Å²) in [6, 6.07) is 4.81. The lowest BCUT2D eigenvalue weighted by Crippen LogP contribution is -2.45. The minimum atomic E-state index is -1.85. The summed E-state index contributed by atoms with van der Waals surface area (Å²) >= 11 is 0. The zero-order valence-corrected chi connectivity index (χ0v) is 20.2. The number of nitro groups is 1. The average molecular weight is 437 g/mol.